The van der Waals surface area contributed by atoms with Crippen LogP contribution in [0.2, 0.25) is 0 Å². The fourth-order valence-corrected chi connectivity index (χ4v) is 4.80. The second kappa shape index (κ2) is 7.84. The Morgan fingerprint density at radius 1 is 0.938 bits per heavy atom. The van der Waals surface area contributed by atoms with Crippen molar-refractivity contribution >= 4 is 17.2 Å². The largest absolute Gasteiger partial charge is 0.369 e. The second-order valence-electron chi connectivity index (χ2n) is 8.44. The zero-order valence-corrected chi connectivity index (χ0v) is 17.7. The van der Waals surface area contributed by atoms with Crippen LogP contribution in [0.15, 0.2) is 54.9 Å². The van der Waals surface area contributed by atoms with Crippen molar-refractivity contribution in [3.63, 3.8) is 0 Å². The average Bonchev–Trinajstić information content (AvgIpc) is 3.29. The molecule has 0 radical (unpaired) electrons. The van der Waals surface area contributed by atoms with Gasteiger partial charge in [0.1, 0.15) is 5.82 Å². The molecule has 4 aromatic rings. The van der Waals surface area contributed by atoms with E-state index in [4.69, 9.17) is 4.98 Å². The van der Waals surface area contributed by atoms with Crippen LogP contribution in [0.4, 0.5) is 5.82 Å². The summed E-state index contributed by atoms with van der Waals surface area (Å²) in [5.41, 5.74) is 6.32. The average molecular weight is 425 g/mol. The first-order chi connectivity index (χ1) is 15.8. The Kier molecular flexibility index (Phi) is 4.69. The molecule has 6 rings (SSSR count). The fourth-order valence-electron chi connectivity index (χ4n) is 4.80. The summed E-state index contributed by atoms with van der Waals surface area (Å²) in [6.07, 6.45) is 6.18. The van der Waals surface area contributed by atoms with E-state index < -0.39 is 0 Å². The molecule has 2 N–H and O–H groups in total. The Balaban J connectivity index is 1.48. The maximum absolute atomic E-state index is 12.9. The first-order valence-electron chi connectivity index (χ1n) is 11.2. The Bertz CT molecular complexity index is 1290. The number of fused-ring (bicyclic) bond motifs is 3. The van der Waals surface area contributed by atoms with Gasteiger partial charge in [-0.25, -0.2) is 4.98 Å². The Morgan fingerprint density at radius 2 is 1.78 bits per heavy atom. The summed E-state index contributed by atoms with van der Waals surface area (Å²) < 4.78 is 1.79. The number of anilines is 1. The predicted molar refractivity (Wildman–Crippen MR) is 124 cm³/mol. The molecular formula is C25H24N6O. The van der Waals surface area contributed by atoms with Crippen LogP contribution in [0, 0.1) is 0 Å². The van der Waals surface area contributed by atoms with Crippen LogP contribution < -0.4 is 10.6 Å². The SMILES string of the molecule is O=C1CCNc2c1c(C1CCNCC1)nc1c(-c3ccc(-c4ccccc4)nc3)cnn21. The van der Waals surface area contributed by atoms with Gasteiger partial charge in [-0.05, 0) is 32.0 Å². The summed E-state index contributed by atoms with van der Waals surface area (Å²) >= 11 is 0. The molecule has 0 spiro atoms. The highest BCUT2D eigenvalue weighted by Crippen LogP contribution is 2.36. The summed E-state index contributed by atoms with van der Waals surface area (Å²) in [4.78, 5) is 22.6. The summed E-state index contributed by atoms with van der Waals surface area (Å²) in [5, 5.41) is 11.4. The molecule has 7 nitrogen and oxygen atoms in total. The normalized spacial score (nSPS) is 16.7. The number of ketones is 1. The smallest absolute Gasteiger partial charge is 0.170 e. The minimum absolute atomic E-state index is 0.160. The number of carbonyl (C=O) groups excluding carboxylic acids is 1. The minimum atomic E-state index is 0.160. The van der Waals surface area contributed by atoms with E-state index in [0.29, 0.717) is 13.0 Å². The monoisotopic (exact) mass is 424 g/mol. The van der Waals surface area contributed by atoms with E-state index in [0.717, 1.165) is 71.0 Å². The molecule has 1 aromatic carbocycles. The third-order valence-electron chi connectivity index (χ3n) is 6.47. The lowest BCUT2D eigenvalue weighted by Gasteiger charge is -2.27. The van der Waals surface area contributed by atoms with Gasteiger partial charge < -0.3 is 10.6 Å². The number of carbonyl (C=O) groups is 1. The molecule has 1 saturated heterocycles. The van der Waals surface area contributed by atoms with Gasteiger partial charge in [-0.2, -0.15) is 9.61 Å². The quantitative estimate of drug-likeness (QED) is 0.519. The summed E-state index contributed by atoms with van der Waals surface area (Å²) in [7, 11) is 0. The number of benzene rings is 1. The van der Waals surface area contributed by atoms with Gasteiger partial charge in [-0.15, -0.1) is 0 Å². The highest BCUT2D eigenvalue weighted by molar-refractivity contribution is 6.04. The third-order valence-corrected chi connectivity index (χ3v) is 6.47. The molecule has 7 heteroatoms. The van der Waals surface area contributed by atoms with Gasteiger partial charge >= 0.3 is 0 Å². The topological polar surface area (TPSA) is 84.2 Å². The van der Waals surface area contributed by atoms with Gasteiger partial charge in [-0.1, -0.05) is 36.4 Å². The molecule has 5 heterocycles. The third kappa shape index (κ3) is 3.17. The van der Waals surface area contributed by atoms with Gasteiger partial charge in [-0.3, -0.25) is 9.78 Å². The van der Waals surface area contributed by atoms with Crippen LogP contribution in [-0.4, -0.2) is 45.0 Å². The molecule has 32 heavy (non-hydrogen) atoms. The van der Waals surface area contributed by atoms with Crippen molar-refractivity contribution in [1.82, 2.24) is 24.9 Å². The summed E-state index contributed by atoms with van der Waals surface area (Å²) in [5.74, 6) is 1.22. The van der Waals surface area contributed by atoms with Gasteiger partial charge in [0.25, 0.3) is 0 Å². The second-order valence-corrected chi connectivity index (χ2v) is 8.44. The number of nitrogens with one attached hydrogen (secondary N) is 2. The van der Waals surface area contributed by atoms with E-state index in [-0.39, 0.29) is 11.7 Å². The molecule has 0 amide bonds. The van der Waals surface area contributed by atoms with E-state index in [1.54, 1.807) is 4.52 Å². The van der Waals surface area contributed by atoms with Crippen molar-refractivity contribution in [3.05, 3.63) is 66.1 Å². The van der Waals surface area contributed by atoms with Crippen molar-refractivity contribution in [2.24, 2.45) is 0 Å². The van der Waals surface area contributed by atoms with Crippen LogP contribution in [0.5, 0.6) is 0 Å². The maximum atomic E-state index is 12.9. The van der Waals surface area contributed by atoms with Crippen molar-refractivity contribution in [3.8, 4) is 22.4 Å². The zero-order chi connectivity index (χ0) is 21.5. The van der Waals surface area contributed by atoms with E-state index in [1.807, 2.05) is 36.7 Å². The van der Waals surface area contributed by atoms with Crippen LogP contribution >= 0.6 is 0 Å². The van der Waals surface area contributed by atoms with E-state index in [2.05, 4.69) is 38.9 Å². The number of hydrogen-bond donors (Lipinski definition) is 2. The lowest BCUT2D eigenvalue weighted by atomic mass is 9.88. The fraction of sp³-hybridized carbons (Fsp3) is 0.280. The lowest BCUT2D eigenvalue weighted by Crippen LogP contribution is -2.30. The first kappa shape index (κ1) is 19.1. The van der Waals surface area contributed by atoms with Gasteiger partial charge in [0, 0.05) is 41.8 Å². The molecule has 3 aromatic heterocycles. The van der Waals surface area contributed by atoms with Gasteiger partial charge in [0.2, 0.25) is 0 Å². The molecule has 1 fully saturated rings. The minimum Gasteiger partial charge on any atom is -0.369 e. The summed E-state index contributed by atoms with van der Waals surface area (Å²) in [6.45, 7) is 2.52. The molecule has 0 saturated carbocycles. The molecule has 2 aliphatic heterocycles. The highest BCUT2D eigenvalue weighted by Gasteiger charge is 2.31. The molecule has 0 unspecified atom stereocenters. The standard InChI is InChI=1S/C25H24N6O/c32-21-10-13-27-25-22(21)23(17-8-11-26-12-9-17)30-24-19(15-29-31(24)25)18-6-7-20(28-14-18)16-4-2-1-3-5-16/h1-7,14-15,17,26-27H,8-13H2. The van der Waals surface area contributed by atoms with E-state index in [9.17, 15) is 4.79 Å². The number of hydrogen-bond acceptors (Lipinski definition) is 6. The van der Waals surface area contributed by atoms with Crippen LogP contribution in [-0.2, 0) is 0 Å². The number of piperidine rings is 1. The summed E-state index contributed by atoms with van der Waals surface area (Å²) in [6, 6.07) is 14.2. The number of aromatic nitrogens is 4. The predicted octanol–water partition coefficient (Wildman–Crippen LogP) is 3.92. The van der Waals surface area contributed by atoms with Crippen LogP contribution in [0.3, 0.4) is 0 Å². The number of rotatable bonds is 3. The van der Waals surface area contributed by atoms with Crippen molar-refractivity contribution < 1.29 is 4.79 Å². The van der Waals surface area contributed by atoms with Crippen molar-refractivity contribution in [2.45, 2.75) is 25.2 Å². The van der Waals surface area contributed by atoms with Crippen LogP contribution in [0.25, 0.3) is 28.0 Å². The van der Waals surface area contributed by atoms with E-state index >= 15 is 0 Å². The molecule has 2 aliphatic rings. The van der Waals surface area contributed by atoms with E-state index in [1.165, 1.54) is 0 Å². The number of Topliss-reactive ketones (excluding diaryl/α,β-unsaturated/α-hetero) is 1. The lowest BCUT2D eigenvalue weighted by molar-refractivity contribution is 0.0980. The van der Waals surface area contributed by atoms with Gasteiger partial charge in [0.05, 0.1) is 23.1 Å². The maximum Gasteiger partial charge on any atom is 0.170 e. The van der Waals surface area contributed by atoms with Crippen LogP contribution in [0.1, 0.15) is 41.2 Å². The Morgan fingerprint density at radius 3 is 2.56 bits per heavy atom. The van der Waals surface area contributed by atoms with Gasteiger partial charge in [0.15, 0.2) is 11.4 Å². The Labute approximate surface area is 185 Å². The highest BCUT2D eigenvalue weighted by atomic mass is 16.1. The Hall–Kier alpha value is -3.58. The first-order valence-corrected chi connectivity index (χ1v) is 11.2. The zero-order valence-electron chi connectivity index (χ0n) is 17.7. The number of nitrogens with zero attached hydrogens (tertiary/aromatic N) is 4. The van der Waals surface area contributed by atoms with Crippen molar-refractivity contribution in [1.29, 1.82) is 0 Å². The molecule has 160 valence electrons. The van der Waals surface area contributed by atoms with Crippen molar-refractivity contribution in [2.75, 3.05) is 25.0 Å². The number of pyridine rings is 1. The molecule has 0 bridgehead atoms. The molecule has 0 aliphatic carbocycles. The molecule has 0 atom stereocenters. The molecular weight excluding hydrogens is 400 g/mol.